The molecule has 156 valence electrons. The van der Waals surface area contributed by atoms with E-state index < -0.39 is 26.1 Å². The number of nitrogens with one attached hydrogen (secondary N) is 1. The van der Waals surface area contributed by atoms with Crippen LogP contribution in [0.2, 0.25) is 0 Å². The van der Waals surface area contributed by atoms with E-state index in [9.17, 15) is 18.9 Å². The summed E-state index contributed by atoms with van der Waals surface area (Å²) in [6, 6.07) is 7.06. The van der Waals surface area contributed by atoms with E-state index in [2.05, 4.69) is 5.32 Å². The minimum atomic E-state index is -3.77. The van der Waals surface area contributed by atoms with Gasteiger partial charge in [0.1, 0.15) is 12.0 Å². The summed E-state index contributed by atoms with van der Waals surface area (Å²) in [5, 5.41) is 2.31. The van der Waals surface area contributed by atoms with Gasteiger partial charge in [-0.3, -0.25) is 28.3 Å². The Morgan fingerprint density at radius 1 is 1.34 bits per heavy atom. The molecule has 1 aromatic rings. The predicted octanol–water partition coefficient (Wildman–Crippen LogP) is 1.51. The zero-order valence-corrected chi connectivity index (χ0v) is 16.6. The first-order valence-corrected chi connectivity index (χ1v) is 10.4. The molecule has 3 atom stereocenters. The largest absolute Gasteiger partial charge is 0.530 e. The SMILES string of the molecule is CNC(=O)/C(C=O)=C\N(C=O)C1CCC(COP2(=O)OCc3ccccc3O2)O1. The normalized spacial score (nSPS) is 26.2. The van der Waals surface area contributed by atoms with Crippen LogP contribution >= 0.6 is 7.82 Å². The molecule has 2 heterocycles. The molecule has 1 fully saturated rings. The smallest absolute Gasteiger partial charge is 0.404 e. The van der Waals surface area contributed by atoms with Gasteiger partial charge in [-0.15, -0.1) is 0 Å². The van der Waals surface area contributed by atoms with Gasteiger partial charge in [-0.1, -0.05) is 18.2 Å². The second-order valence-electron chi connectivity index (χ2n) is 6.34. The molecule has 0 aromatic heterocycles. The molecule has 0 aliphatic carbocycles. The third-order valence-corrected chi connectivity index (χ3v) is 5.75. The van der Waals surface area contributed by atoms with Crippen molar-refractivity contribution in [2.45, 2.75) is 31.8 Å². The number of fused-ring (bicyclic) bond motifs is 1. The second kappa shape index (κ2) is 9.32. The maximum atomic E-state index is 12.6. The molecule has 3 rings (SSSR count). The molecule has 2 amide bonds. The number of phosphoric acid groups is 1. The number of amides is 2. The summed E-state index contributed by atoms with van der Waals surface area (Å²) in [6.07, 6.45) is 1.74. The van der Waals surface area contributed by atoms with Gasteiger partial charge in [0.2, 0.25) is 6.41 Å². The highest BCUT2D eigenvalue weighted by Crippen LogP contribution is 2.54. The minimum Gasteiger partial charge on any atom is -0.404 e. The molecular formula is C18H21N2O8P. The van der Waals surface area contributed by atoms with E-state index in [-0.39, 0.29) is 18.8 Å². The zero-order valence-electron chi connectivity index (χ0n) is 15.7. The quantitative estimate of drug-likeness (QED) is 0.219. The molecule has 10 nitrogen and oxygen atoms in total. The van der Waals surface area contributed by atoms with Crippen molar-refractivity contribution >= 4 is 26.4 Å². The lowest BCUT2D eigenvalue weighted by molar-refractivity contribution is -0.127. The van der Waals surface area contributed by atoms with Gasteiger partial charge in [0, 0.05) is 18.8 Å². The van der Waals surface area contributed by atoms with Crippen molar-refractivity contribution in [3.05, 3.63) is 41.6 Å². The third-order valence-electron chi connectivity index (χ3n) is 4.42. The Hall–Kier alpha value is -2.52. The Bertz CT molecular complexity index is 858. The Morgan fingerprint density at radius 3 is 2.86 bits per heavy atom. The molecule has 1 aromatic carbocycles. The minimum absolute atomic E-state index is 0.0671. The number of phosphoric ester groups is 1. The number of benzene rings is 1. The van der Waals surface area contributed by atoms with Crippen molar-refractivity contribution in [1.82, 2.24) is 10.2 Å². The summed E-state index contributed by atoms with van der Waals surface area (Å²) in [6.45, 7) is 0.0433. The van der Waals surface area contributed by atoms with Crippen molar-refractivity contribution in [2.24, 2.45) is 0 Å². The number of carbonyl (C=O) groups excluding carboxylic acids is 3. The van der Waals surface area contributed by atoms with Crippen LogP contribution in [0.25, 0.3) is 0 Å². The molecule has 0 spiro atoms. The van der Waals surface area contributed by atoms with Crippen LogP contribution in [0.1, 0.15) is 18.4 Å². The molecule has 0 radical (unpaired) electrons. The van der Waals surface area contributed by atoms with E-state index in [1.807, 2.05) is 6.07 Å². The average Bonchev–Trinajstić information content (AvgIpc) is 3.21. The first kappa shape index (κ1) is 21.2. The van der Waals surface area contributed by atoms with Crippen LogP contribution in [0.15, 0.2) is 36.0 Å². The Labute approximate surface area is 167 Å². The summed E-state index contributed by atoms with van der Waals surface area (Å²) in [5.74, 6) is -0.171. The number of hydrogen-bond acceptors (Lipinski definition) is 8. The number of hydrogen-bond donors (Lipinski definition) is 1. The van der Waals surface area contributed by atoms with Gasteiger partial charge in [-0.05, 0) is 18.9 Å². The van der Waals surface area contributed by atoms with E-state index >= 15 is 0 Å². The summed E-state index contributed by atoms with van der Waals surface area (Å²) < 4.78 is 34.4. The first-order valence-electron chi connectivity index (χ1n) is 8.92. The van der Waals surface area contributed by atoms with Crippen LogP contribution in [0, 0.1) is 0 Å². The molecule has 0 bridgehead atoms. The zero-order chi connectivity index (χ0) is 20.9. The Kier molecular flexibility index (Phi) is 6.81. The summed E-state index contributed by atoms with van der Waals surface area (Å²) in [7, 11) is -2.39. The molecule has 29 heavy (non-hydrogen) atoms. The number of likely N-dealkylation sites (N-methyl/N-ethyl adjacent to an activating group) is 1. The van der Waals surface area contributed by atoms with Crippen LogP contribution in [-0.4, -0.2) is 49.5 Å². The molecule has 2 aliphatic heterocycles. The second-order valence-corrected chi connectivity index (χ2v) is 7.93. The lowest BCUT2D eigenvalue weighted by atomic mass is 10.2. The van der Waals surface area contributed by atoms with E-state index in [1.165, 1.54) is 7.05 Å². The number of nitrogens with zero attached hydrogens (tertiary/aromatic N) is 1. The van der Waals surface area contributed by atoms with Gasteiger partial charge >= 0.3 is 7.82 Å². The molecular weight excluding hydrogens is 403 g/mol. The topological polar surface area (TPSA) is 120 Å². The van der Waals surface area contributed by atoms with E-state index in [0.29, 0.717) is 31.3 Å². The summed E-state index contributed by atoms with van der Waals surface area (Å²) in [4.78, 5) is 35.1. The monoisotopic (exact) mass is 424 g/mol. The summed E-state index contributed by atoms with van der Waals surface area (Å²) in [5.41, 5.74) is 0.560. The Morgan fingerprint density at radius 2 is 2.14 bits per heavy atom. The Balaban J connectivity index is 1.56. The van der Waals surface area contributed by atoms with Gasteiger partial charge in [0.25, 0.3) is 5.91 Å². The molecule has 1 saturated heterocycles. The predicted molar refractivity (Wildman–Crippen MR) is 99.4 cm³/mol. The first-order chi connectivity index (χ1) is 14.0. The van der Waals surface area contributed by atoms with Crippen LogP contribution in [-0.2, 0) is 39.3 Å². The number of rotatable bonds is 8. The lowest BCUT2D eigenvalue weighted by Crippen LogP contribution is -2.32. The number of para-hydroxylation sites is 1. The third kappa shape index (κ3) is 5.10. The highest BCUT2D eigenvalue weighted by molar-refractivity contribution is 7.49. The van der Waals surface area contributed by atoms with E-state index in [4.69, 9.17) is 18.3 Å². The van der Waals surface area contributed by atoms with Gasteiger partial charge in [-0.2, -0.15) is 0 Å². The number of ether oxygens (including phenoxy) is 1. The van der Waals surface area contributed by atoms with Crippen LogP contribution in [0.5, 0.6) is 5.75 Å². The fourth-order valence-electron chi connectivity index (χ4n) is 2.90. The van der Waals surface area contributed by atoms with Crippen LogP contribution < -0.4 is 9.84 Å². The summed E-state index contributed by atoms with van der Waals surface area (Å²) >= 11 is 0. The van der Waals surface area contributed by atoms with Crippen LogP contribution in [0.4, 0.5) is 0 Å². The molecule has 11 heteroatoms. The van der Waals surface area contributed by atoms with Crippen molar-refractivity contribution in [2.75, 3.05) is 13.7 Å². The van der Waals surface area contributed by atoms with Crippen molar-refractivity contribution in [3.63, 3.8) is 0 Å². The lowest BCUT2D eigenvalue weighted by Gasteiger charge is -2.26. The van der Waals surface area contributed by atoms with Crippen molar-refractivity contribution in [1.29, 1.82) is 0 Å². The van der Waals surface area contributed by atoms with E-state index in [1.54, 1.807) is 18.2 Å². The maximum Gasteiger partial charge on any atom is 0.530 e. The molecule has 0 saturated carbocycles. The molecule has 1 N–H and O–H groups in total. The van der Waals surface area contributed by atoms with Gasteiger partial charge in [-0.25, -0.2) is 4.57 Å². The molecule has 3 unspecified atom stereocenters. The molecule has 2 aliphatic rings. The fourth-order valence-corrected chi connectivity index (χ4v) is 4.15. The maximum absolute atomic E-state index is 12.6. The number of carbonyl (C=O) groups is 3. The van der Waals surface area contributed by atoms with Gasteiger partial charge < -0.3 is 14.6 Å². The average molecular weight is 424 g/mol. The van der Waals surface area contributed by atoms with Crippen molar-refractivity contribution < 1.29 is 37.3 Å². The standard InChI is InChI=1S/C18H21N2O8P/c1-19-18(23)14(9-21)8-20(12-22)17-7-6-15(27-17)11-26-29(24)25-10-13-4-2-3-5-16(13)28-29/h2-5,8-9,12,15,17H,6-7,10-11H2,1H3,(H,19,23)/b14-8-. The number of aldehydes is 1. The van der Waals surface area contributed by atoms with Crippen LogP contribution in [0.3, 0.4) is 0 Å². The van der Waals surface area contributed by atoms with Gasteiger partial charge in [0.05, 0.1) is 24.9 Å². The highest BCUT2D eigenvalue weighted by Gasteiger charge is 2.37. The fraction of sp³-hybridized carbons (Fsp3) is 0.389. The van der Waals surface area contributed by atoms with E-state index in [0.717, 1.165) is 16.7 Å². The van der Waals surface area contributed by atoms with Gasteiger partial charge in [0.15, 0.2) is 6.29 Å². The highest BCUT2D eigenvalue weighted by atomic mass is 31.2. The van der Waals surface area contributed by atoms with Crippen molar-refractivity contribution in [3.8, 4) is 5.75 Å².